The van der Waals surface area contributed by atoms with Crippen LogP contribution in [-0.2, 0) is 4.74 Å². The molecule has 0 unspecified atom stereocenters. The molecule has 0 aromatic rings. The molecular weight excluding hydrogens is 185 g/mol. The SMILES string of the molecule is CCOCC1CCN(CCF)CC1.O. The number of piperidine rings is 1. The van der Waals surface area contributed by atoms with Gasteiger partial charge in [0.05, 0.1) is 0 Å². The molecule has 2 N–H and O–H groups in total. The van der Waals surface area contributed by atoms with Crippen LogP contribution >= 0.6 is 0 Å². The molecule has 0 bridgehead atoms. The third kappa shape index (κ3) is 4.88. The molecule has 0 amide bonds. The monoisotopic (exact) mass is 207 g/mol. The Morgan fingerprint density at radius 1 is 1.36 bits per heavy atom. The smallest absolute Gasteiger partial charge is 0.102 e. The third-order valence-corrected chi connectivity index (χ3v) is 2.67. The number of likely N-dealkylation sites (tertiary alicyclic amines) is 1. The zero-order chi connectivity index (χ0) is 9.52. The second-order valence-corrected chi connectivity index (χ2v) is 3.63. The summed E-state index contributed by atoms with van der Waals surface area (Å²) >= 11 is 0. The summed E-state index contributed by atoms with van der Waals surface area (Å²) in [7, 11) is 0. The molecule has 0 aliphatic carbocycles. The number of halogens is 1. The molecule has 0 aromatic carbocycles. The molecule has 1 heterocycles. The molecule has 4 heteroatoms. The molecule has 0 radical (unpaired) electrons. The minimum absolute atomic E-state index is 0. The fourth-order valence-corrected chi connectivity index (χ4v) is 1.78. The van der Waals surface area contributed by atoms with Crippen LogP contribution in [0.4, 0.5) is 4.39 Å². The Kier molecular flexibility index (Phi) is 8.04. The van der Waals surface area contributed by atoms with E-state index in [1.165, 1.54) is 12.8 Å². The summed E-state index contributed by atoms with van der Waals surface area (Å²) in [5.74, 6) is 0.704. The van der Waals surface area contributed by atoms with Crippen molar-refractivity contribution in [3.05, 3.63) is 0 Å². The lowest BCUT2D eigenvalue weighted by molar-refractivity contribution is 0.0726. The Bertz CT molecular complexity index is 127. The van der Waals surface area contributed by atoms with E-state index in [0.717, 1.165) is 26.3 Å². The van der Waals surface area contributed by atoms with Crippen LogP contribution in [0.5, 0.6) is 0 Å². The zero-order valence-electron chi connectivity index (χ0n) is 8.97. The summed E-state index contributed by atoms with van der Waals surface area (Å²) in [4.78, 5) is 2.20. The van der Waals surface area contributed by atoms with Gasteiger partial charge in [0.2, 0.25) is 0 Å². The highest BCUT2D eigenvalue weighted by atomic mass is 19.1. The Morgan fingerprint density at radius 2 is 2.00 bits per heavy atom. The van der Waals surface area contributed by atoms with Crippen LogP contribution in [0.2, 0.25) is 0 Å². The minimum Gasteiger partial charge on any atom is -0.412 e. The Hall–Kier alpha value is -0.190. The molecule has 3 nitrogen and oxygen atoms in total. The van der Waals surface area contributed by atoms with Crippen molar-refractivity contribution in [3.8, 4) is 0 Å². The van der Waals surface area contributed by atoms with Crippen molar-refractivity contribution < 1.29 is 14.6 Å². The van der Waals surface area contributed by atoms with Gasteiger partial charge in [0.15, 0.2) is 0 Å². The molecule has 14 heavy (non-hydrogen) atoms. The summed E-state index contributed by atoms with van der Waals surface area (Å²) in [6.45, 7) is 6.21. The van der Waals surface area contributed by atoms with Crippen LogP contribution in [-0.4, -0.2) is 49.9 Å². The maximum Gasteiger partial charge on any atom is 0.102 e. The standard InChI is InChI=1S/C10H20FNO.H2O/c1-2-13-9-10-3-6-12(7-4-10)8-5-11;/h10H,2-9H2,1H3;1H2. The number of alkyl halides is 1. The lowest BCUT2D eigenvalue weighted by Crippen LogP contribution is -2.36. The first kappa shape index (κ1) is 13.8. The van der Waals surface area contributed by atoms with E-state index in [1.807, 2.05) is 6.92 Å². The summed E-state index contributed by atoms with van der Waals surface area (Å²) in [6.07, 6.45) is 2.33. The van der Waals surface area contributed by atoms with Crippen LogP contribution in [0.25, 0.3) is 0 Å². The molecule has 0 aromatic heterocycles. The maximum atomic E-state index is 12.0. The van der Waals surface area contributed by atoms with Gasteiger partial charge in [-0.3, -0.25) is 0 Å². The Labute approximate surface area is 85.5 Å². The van der Waals surface area contributed by atoms with Crippen LogP contribution < -0.4 is 0 Å². The van der Waals surface area contributed by atoms with Crippen molar-refractivity contribution in [2.45, 2.75) is 19.8 Å². The predicted molar refractivity (Wildman–Crippen MR) is 55.2 cm³/mol. The molecule has 0 saturated carbocycles. The number of rotatable bonds is 5. The summed E-state index contributed by atoms with van der Waals surface area (Å²) in [5.41, 5.74) is 0. The molecule has 1 rings (SSSR count). The summed E-state index contributed by atoms with van der Waals surface area (Å²) in [5, 5.41) is 0. The van der Waals surface area contributed by atoms with E-state index >= 15 is 0 Å². The average Bonchev–Trinajstić information content (AvgIpc) is 2.17. The topological polar surface area (TPSA) is 44.0 Å². The third-order valence-electron chi connectivity index (χ3n) is 2.67. The van der Waals surface area contributed by atoms with Gasteiger partial charge in [-0.25, -0.2) is 4.39 Å². The van der Waals surface area contributed by atoms with Crippen LogP contribution in [0, 0.1) is 5.92 Å². The molecule has 1 aliphatic heterocycles. The maximum absolute atomic E-state index is 12.0. The highest BCUT2D eigenvalue weighted by Gasteiger charge is 2.18. The molecule has 1 saturated heterocycles. The van der Waals surface area contributed by atoms with Crippen molar-refractivity contribution in [1.29, 1.82) is 0 Å². The first-order valence-corrected chi connectivity index (χ1v) is 5.23. The van der Waals surface area contributed by atoms with Crippen molar-refractivity contribution >= 4 is 0 Å². The molecule has 1 fully saturated rings. The number of nitrogens with zero attached hydrogens (tertiary/aromatic N) is 1. The molecule has 1 aliphatic rings. The van der Waals surface area contributed by atoms with Crippen molar-refractivity contribution in [1.82, 2.24) is 4.90 Å². The highest BCUT2D eigenvalue weighted by molar-refractivity contribution is 4.71. The lowest BCUT2D eigenvalue weighted by Gasteiger charge is -2.30. The fraction of sp³-hybridized carbons (Fsp3) is 1.00. The number of ether oxygens (including phenoxy) is 1. The normalized spacial score (nSPS) is 19.3. The molecule has 0 atom stereocenters. The lowest BCUT2D eigenvalue weighted by atomic mass is 9.98. The van der Waals surface area contributed by atoms with Crippen LogP contribution in [0.3, 0.4) is 0 Å². The minimum atomic E-state index is -0.212. The van der Waals surface area contributed by atoms with Gasteiger partial charge < -0.3 is 15.1 Å². The van der Waals surface area contributed by atoms with Gasteiger partial charge in [0.1, 0.15) is 6.67 Å². The quantitative estimate of drug-likeness (QED) is 0.671. The van der Waals surface area contributed by atoms with Gasteiger partial charge in [0, 0.05) is 19.8 Å². The van der Waals surface area contributed by atoms with E-state index in [-0.39, 0.29) is 12.2 Å². The van der Waals surface area contributed by atoms with E-state index in [0.29, 0.717) is 12.5 Å². The van der Waals surface area contributed by atoms with E-state index < -0.39 is 0 Å². The molecular formula is C10H22FNO2. The molecule has 86 valence electrons. The first-order chi connectivity index (χ1) is 6.36. The zero-order valence-corrected chi connectivity index (χ0v) is 8.97. The van der Waals surface area contributed by atoms with Gasteiger partial charge in [-0.15, -0.1) is 0 Å². The number of hydrogen-bond donors (Lipinski definition) is 0. The fourth-order valence-electron chi connectivity index (χ4n) is 1.78. The van der Waals surface area contributed by atoms with Crippen LogP contribution in [0.15, 0.2) is 0 Å². The van der Waals surface area contributed by atoms with E-state index in [9.17, 15) is 4.39 Å². The van der Waals surface area contributed by atoms with Gasteiger partial charge in [-0.05, 0) is 38.8 Å². The highest BCUT2D eigenvalue weighted by Crippen LogP contribution is 2.16. The van der Waals surface area contributed by atoms with Gasteiger partial charge >= 0.3 is 0 Å². The predicted octanol–water partition coefficient (Wildman–Crippen LogP) is 0.880. The van der Waals surface area contributed by atoms with Gasteiger partial charge in [-0.2, -0.15) is 0 Å². The van der Waals surface area contributed by atoms with Gasteiger partial charge in [0.25, 0.3) is 0 Å². The largest absolute Gasteiger partial charge is 0.412 e. The van der Waals surface area contributed by atoms with E-state index in [1.54, 1.807) is 0 Å². The van der Waals surface area contributed by atoms with Crippen molar-refractivity contribution in [3.63, 3.8) is 0 Å². The first-order valence-electron chi connectivity index (χ1n) is 5.23. The average molecular weight is 207 g/mol. The van der Waals surface area contributed by atoms with Gasteiger partial charge in [-0.1, -0.05) is 0 Å². The second-order valence-electron chi connectivity index (χ2n) is 3.63. The van der Waals surface area contributed by atoms with Crippen molar-refractivity contribution in [2.75, 3.05) is 39.5 Å². The van der Waals surface area contributed by atoms with E-state index in [2.05, 4.69) is 4.90 Å². The summed E-state index contributed by atoms with van der Waals surface area (Å²) < 4.78 is 17.4. The Morgan fingerprint density at radius 3 is 2.50 bits per heavy atom. The second kappa shape index (κ2) is 8.15. The Balaban J connectivity index is 0.00000169. The van der Waals surface area contributed by atoms with E-state index in [4.69, 9.17) is 4.74 Å². The van der Waals surface area contributed by atoms with Crippen LogP contribution in [0.1, 0.15) is 19.8 Å². The number of hydrogen-bond acceptors (Lipinski definition) is 2. The van der Waals surface area contributed by atoms with Crippen molar-refractivity contribution in [2.24, 2.45) is 5.92 Å². The molecule has 0 spiro atoms. The summed E-state index contributed by atoms with van der Waals surface area (Å²) in [6, 6.07) is 0.